The first-order chi connectivity index (χ1) is 7.76. The van der Waals surface area contributed by atoms with Gasteiger partial charge in [-0.3, -0.25) is 0 Å². The highest BCUT2D eigenvalue weighted by molar-refractivity contribution is 5.86. The van der Waals surface area contributed by atoms with Gasteiger partial charge in [0, 0.05) is 25.9 Å². The highest BCUT2D eigenvalue weighted by Gasteiger charge is 1.97. The molecule has 0 aliphatic carbocycles. The predicted octanol–water partition coefficient (Wildman–Crippen LogP) is 1.11. The number of hydrogen-bond acceptors (Lipinski definition) is 4. The summed E-state index contributed by atoms with van der Waals surface area (Å²) in [4.78, 5) is 15.1. The maximum Gasteiger partial charge on any atom is 0.330 e. The topological polar surface area (TPSA) is 53.4 Å². The molecule has 88 valence electrons. The number of carbonyl (C=O) groups excluding carboxylic acids is 1. The molecule has 5 nitrogen and oxygen atoms in total. The molecular formula is C11H16N2O3. The summed E-state index contributed by atoms with van der Waals surface area (Å²) in [6, 6.07) is 0. The normalized spacial score (nSPS) is 10.9. The van der Waals surface area contributed by atoms with Crippen molar-refractivity contribution in [3.8, 4) is 0 Å². The SMILES string of the molecule is CCOC(=O)/C=C/c1cn(CCOC)cn1. The second-order valence-corrected chi connectivity index (χ2v) is 3.11. The number of hydrogen-bond donors (Lipinski definition) is 0. The van der Waals surface area contributed by atoms with Crippen molar-refractivity contribution < 1.29 is 14.3 Å². The molecule has 0 aliphatic rings. The van der Waals surface area contributed by atoms with E-state index in [4.69, 9.17) is 9.47 Å². The van der Waals surface area contributed by atoms with Crippen molar-refractivity contribution in [1.82, 2.24) is 9.55 Å². The number of rotatable bonds is 6. The van der Waals surface area contributed by atoms with E-state index < -0.39 is 0 Å². The van der Waals surface area contributed by atoms with E-state index in [1.165, 1.54) is 6.08 Å². The van der Waals surface area contributed by atoms with Gasteiger partial charge < -0.3 is 14.0 Å². The van der Waals surface area contributed by atoms with Crippen molar-refractivity contribution in [1.29, 1.82) is 0 Å². The number of esters is 1. The zero-order valence-corrected chi connectivity index (χ0v) is 9.55. The summed E-state index contributed by atoms with van der Waals surface area (Å²) >= 11 is 0. The van der Waals surface area contributed by atoms with E-state index in [0.717, 1.165) is 12.2 Å². The second kappa shape index (κ2) is 6.79. The van der Waals surface area contributed by atoms with E-state index in [1.807, 2.05) is 10.8 Å². The van der Waals surface area contributed by atoms with Crippen molar-refractivity contribution in [2.45, 2.75) is 13.5 Å². The predicted molar refractivity (Wildman–Crippen MR) is 59.8 cm³/mol. The van der Waals surface area contributed by atoms with E-state index >= 15 is 0 Å². The molecule has 1 heterocycles. The number of aromatic nitrogens is 2. The van der Waals surface area contributed by atoms with Gasteiger partial charge in [0.05, 0.1) is 25.2 Å². The van der Waals surface area contributed by atoms with Crippen LogP contribution in [-0.4, -0.2) is 35.8 Å². The summed E-state index contributed by atoms with van der Waals surface area (Å²) in [6.45, 7) is 3.53. The molecule has 0 fully saturated rings. The van der Waals surface area contributed by atoms with Gasteiger partial charge in [-0.05, 0) is 13.0 Å². The van der Waals surface area contributed by atoms with Gasteiger partial charge in [0.2, 0.25) is 0 Å². The van der Waals surface area contributed by atoms with Crippen LogP contribution < -0.4 is 0 Å². The quantitative estimate of drug-likeness (QED) is 0.536. The Morgan fingerprint density at radius 1 is 1.62 bits per heavy atom. The van der Waals surface area contributed by atoms with E-state index in [0.29, 0.717) is 13.2 Å². The van der Waals surface area contributed by atoms with Crippen molar-refractivity contribution in [3.05, 3.63) is 24.3 Å². The van der Waals surface area contributed by atoms with Crippen LogP contribution in [0.5, 0.6) is 0 Å². The Balaban J connectivity index is 2.48. The van der Waals surface area contributed by atoms with Gasteiger partial charge in [0.25, 0.3) is 0 Å². The first-order valence-electron chi connectivity index (χ1n) is 5.11. The maximum atomic E-state index is 11.0. The Hall–Kier alpha value is -1.62. The van der Waals surface area contributed by atoms with Gasteiger partial charge in [-0.2, -0.15) is 0 Å². The molecule has 16 heavy (non-hydrogen) atoms. The molecule has 0 aromatic carbocycles. The average molecular weight is 224 g/mol. The minimum atomic E-state index is -0.353. The molecule has 1 rings (SSSR count). The van der Waals surface area contributed by atoms with E-state index in [-0.39, 0.29) is 5.97 Å². The second-order valence-electron chi connectivity index (χ2n) is 3.11. The summed E-state index contributed by atoms with van der Waals surface area (Å²) in [5.74, 6) is -0.353. The summed E-state index contributed by atoms with van der Waals surface area (Å²) in [5.41, 5.74) is 0.726. The molecule has 0 radical (unpaired) electrons. The average Bonchev–Trinajstić information content (AvgIpc) is 2.72. The maximum absolute atomic E-state index is 11.0. The molecule has 0 spiro atoms. The van der Waals surface area contributed by atoms with Crippen molar-refractivity contribution in [3.63, 3.8) is 0 Å². The third-order valence-corrected chi connectivity index (χ3v) is 1.88. The third-order valence-electron chi connectivity index (χ3n) is 1.88. The van der Waals surface area contributed by atoms with Gasteiger partial charge in [0.1, 0.15) is 0 Å². The Labute approximate surface area is 94.7 Å². The fourth-order valence-corrected chi connectivity index (χ4v) is 1.13. The lowest BCUT2D eigenvalue weighted by Gasteiger charge is -1.98. The van der Waals surface area contributed by atoms with Crippen LogP contribution in [0.15, 0.2) is 18.6 Å². The number of ether oxygens (including phenoxy) is 2. The third kappa shape index (κ3) is 4.27. The van der Waals surface area contributed by atoms with Crippen LogP contribution in [0, 0.1) is 0 Å². The molecule has 0 aliphatic heterocycles. The molecule has 0 saturated carbocycles. The summed E-state index contributed by atoms with van der Waals surface area (Å²) in [7, 11) is 1.65. The first kappa shape index (κ1) is 12.4. The van der Waals surface area contributed by atoms with Gasteiger partial charge >= 0.3 is 5.97 Å². The van der Waals surface area contributed by atoms with Crippen LogP contribution in [0.2, 0.25) is 0 Å². The number of methoxy groups -OCH3 is 1. The van der Waals surface area contributed by atoms with Gasteiger partial charge in [0.15, 0.2) is 0 Å². The highest BCUT2D eigenvalue weighted by Crippen LogP contribution is 1.99. The zero-order valence-electron chi connectivity index (χ0n) is 9.55. The molecule has 0 saturated heterocycles. The molecular weight excluding hydrogens is 208 g/mol. The van der Waals surface area contributed by atoms with Crippen LogP contribution in [-0.2, 0) is 20.8 Å². The molecule has 0 amide bonds. The number of imidazole rings is 1. The molecule has 0 bridgehead atoms. The van der Waals surface area contributed by atoms with E-state index in [1.54, 1.807) is 26.4 Å². The van der Waals surface area contributed by atoms with Crippen LogP contribution in [0.4, 0.5) is 0 Å². The summed E-state index contributed by atoms with van der Waals surface area (Å²) in [6.07, 6.45) is 6.53. The lowest BCUT2D eigenvalue weighted by atomic mass is 10.4. The first-order valence-corrected chi connectivity index (χ1v) is 5.11. The monoisotopic (exact) mass is 224 g/mol. The molecule has 0 N–H and O–H groups in total. The lowest BCUT2D eigenvalue weighted by molar-refractivity contribution is -0.137. The molecule has 1 aromatic heterocycles. The Kier molecular flexibility index (Phi) is 5.28. The molecule has 1 aromatic rings. The fourth-order valence-electron chi connectivity index (χ4n) is 1.13. The Bertz CT molecular complexity index is 358. The van der Waals surface area contributed by atoms with Crippen molar-refractivity contribution in [2.24, 2.45) is 0 Å². The van der Waals surface area contributed by atoms with Crippen LogP contribution >= 0.6 is 0 Å². The van der Waals surface area contributed by atoms with Crippen LogP contribution in [0.1, 0.15) is 12.6 Å². The van der Waals surface area contributed by atoms with E-state index in [9.17, 15) is 4.79 Å². The van der Waals surface area contributed by atoms with Crippen LogP contribution in [0.25, 0.3) is 6.08 Å². The van der Waals surface area contributed by atoms with Crippen molar-refractivity contribution >= 4 is 12.0 Å². The summed E-state index contributed by atoms with van der Waals surface area (Å²) < 4.78 is 11.6. The largest absolute Gasteiger partial charge is 0.463 e. The molecule has 5 heteroatoms. The highest BCUT2D eigenvalue weighted by atomic mass is 16.5. The molecule has 0 unspecified atom stereocenters. The Morgan fingerprint density at radius 3 is 3.12 bits per heavy atom. The van der Waals surface area contributed by atoms with Gasteiger partial charge in [-0.25, -0.2) is 9.78 Å². The Morgan fingerprint density at radius 2 is 2.44 bits per heavy atom. The number of carbonyl (C=O) groups is 1. The zero-order chi connectivity index (χ0) is 11.8. The van der Waals surface area contributed by atoms with Crippen LogP contribution in [0.3, 0.4) is 0 Å². The standard InChI is InChI=1S/C11H16N2O3/c1-3-16-11(14)5-4-10-8-13(9-12-10)6-7-15-2/h4-5,8-9H,3,6-7H2,1-2H3/b5-4+. The minimum Gasteiger partial charge on any atom is -0.463 e. The van der Waals surface area contributed by atoms with Crippen molar-refractivity contribution in [2.75, 3.05) is 20.3 Å². The lowest BCUT2D eigenvalue weighted by Crippen LogP contribution is -2.01. The minimum absolute atomic E-state index is 0.353. The van der Waals surface area contributed by atoms with E-state index in [2.05, 4.69) is 4.98 Å². The smallest absolute Gasteiger partial charge is 0.330 e. The number of nitrogens with zero attached hydrogens (tertiary/aromatic N) is 2. The fraction of sp³-hybridized carbons (Fsp3) is 0.455. The summed E-state index contributed by atoms with van der Waals surface area (Å²) in [5, 5.41) is 0. The van der Waals surface area contributed by atoms with Gasteiger partial charge in [-0.1, -0.05) is 0 Å². The molecule has 0 atom stereocenters. The van der Waals surface area contributed by atoms with Gasteiger partial charge in [-0.15, -0.1) is 0 Å².